The summed E-state index contributed by atoms with van der Waals surface area (Å²) in [5, 5.41) is 0. The zero-order valence-electron chi connectivity index (χ0n) is 15.4. The largest absolute Gasteiger partial charge is 0.329 e. The van der Waals surface area contributed by atoms with Crippen molar-refractivity contribution in [3.05, 3.63) is 0 Å². The molecule has 0 aromatic rings. The van der Waals surface area contributed by atoms with Gasteiger partial charge in [0.05, 0.1) is 0 Å². The minimum Gasteiger partial charge on any atom is -0.329 e. The molecule has 0 aliphatic rings. The molecule has 7 heteroatoms. The molecule has 0 fully saturated rings. The number of nitrogens with zero attached hydrogens (tertiary/aromatic N) is 1. The average Bonchev–Trinajstić information content (AvgIpc) is 2.58. The fourth-order valence-electron chi connectivity index (χ4n) is 0.968. The number of unbranched alkanes of at least 4 members (excludes halogenated alkanes) is 2. The van der Waals surface area contributed by atoms with Crippen LogP contribution >= 0.6 is 0 Å². The molecule has 0 saturated heterocycles. The molecule has 0 heterocycles. The quantitative estimate of drug-likeness (QED) is 0.325. The summed E-state index contributed by atoms with van der Waals surface area (Å²) in [7, 11) is 2.21. The standard InChI is InChI=1S/C9H21N.3C2H8N2/c1-4-6-8-10(3)9-7-5-2;3*3-1-2-4/h4-9H2,1-3H3;3*1-4H2. The maximum Gasteiger partial charge on any atom is 0.00461 e. The summed E-state index contributed by atoms with van der Waals surface area (Å²) < 4.78 is 0. The number of hydrogen-bond donors (Lipinski definition) is 6. The molecule has 0 unspecified atom stereocenters. The zero-order valence-corrected chi connectivity index (χ0v) is 15.4. The third kappa shape index (κ3) is 60.1. The Hall–Kier alpha value is -0.280. The first-order chi connectivity index (χ1) is 10.6. The third-order valence-electron chi connectivity index (χ3n) is 2.29. The molecule has 12 N–H and O–H groups in total. The second kappa shape index (κ2) is 37.2. The van der Waals surface area contributed by atoms with Gasteiger partial charge in [0.1, 0.15) is 0 Å². The van der Waals surface area contributed by atoms with Gasteiger partial charge in [0, 0.05) is 39.3 Å². The molecule has 0 aromatic carbocycles. The lowest BCUT2D eigenvalue weighted by atomic mass is 10.3. The maximum atomic E-state index is 4.90. The first kappa shape index (κ1) is 29.7. The normalized spacial score (nSPS) is 9.00. The summed E-state index contributed by atoms with van der Waals surface area (Å²) >= 11 is 0. The van der Waals surface area contributed by atoms with Crippen LogP contribution in [0.2, 0.25) is 0 Å². The van der Waals surface area contributed by atoms with Crippen LogP contribution in [-0.2, 0) is 0 Å². The highest BCUT2D eigenvalue weighted by molar-refractivity contribution is 4.49. The topological polar surface area (TPSA) is 159 Å². The third-order valence-corrected chi connectivity index (χ3v) is 2.29. The Balaban J connectivity index is -0.000000112. The minimum atomic E-state index is 0.597. The van der Waals surface area contributed by atoms with Gasteiger partial charge in [0.25, 0.3) is 0 Å². The van der Waals surface area contributed by atoms with Gasteiger partial charge in [-0.05, 0) is 33.0 Å². The van der Waals surface area contributed by atoms with Crippen molar-refractivity contribution in [1.82, 2.24) is 4.90 Å². The first-order valence-corrected chi connectivity index (χ1v) is 8.44. The lowest BCUT2D eigenvalue weighted by Crippen LogP contribution is -2.20. The van der Waals surface area contributed by atoms with Crippen molar-refractivity contribution in [2.24, 2.45) is 34.4 Å². The fraction of sp³-hybridized carbons (Fsp3) is 1.00. The van der Waals surface area contributed by atoms with Crippen molar-refractivity contribution in [2.75, 3.05) is 59.4 Å². The van der Waals surface area contributed by atoms with E-state index in [1.165, 1.54) is 38.8 Å². The van der Waals surface area contributed by atoms with Crippen LogP contribution in [0.3, 0.4) is 0 Å². The maximum absolute atomic E-state index is 4.90. The predicted octanol–water partition coefficient (Wildman–Crippen LogP) is -0.770. The van der Waals surface area contributed by atoms with Crippen LogP contribution in [0.25, 0.3) is 0 Å². The summed E-state index contributed by atoms with van der Waals surface area (Å²) in [6.45, 7) is 10.6. The number of rotatable bonds is 9. The predicted molar refractivity (Wildman–Crippen MR) is 102 cm³/mol. The van der Waals surface area contributed by atoms with Gasteiger partial charge in [-0.1, -0.05) is 26.7 Å². The highest BCUT2D eigenvalue weighted by Crippen LogP contribution is 1.94. The van der Waals surface area contributed by atoms with Crippen molar-refractivity contribution in [2.45, 2.75) is 39.5 Å². The van der Waals surface area contributed by atoms with Crippen LogP contribution in [-0.4, -0.2) is 64.3 Å². The van der Waals surface area contributed by atoms with Crippen molar-refractivity contribution in [1.29, 1.82) is 0 Å². The second-order valence-electron chi connectivity index (χ2n) is 4.74. The SMILES string of the molecule is CCCCN(C)CCCC.NCCN.NCCN.NCCN. The van der Waals surface area contributed by atoms with E-state index < -0.39 is 0 Å². The van der Waals surface area contributed by atoms with E-state index >= 15 is 0 Å². The van der Waals surface area contributed by atoms with E-state index in [1.54, 1.807) is 0 Å². The molecule has 0 amide bonds. The minimum absolute atomic E-state index is 0.597. The van der Waals surface area contributed by atoms with Gasteiger partial charge in [-0.25, -0.2) is 0 Å². The Morgan fingerprint density at radius 1 is 0.545 bits per heavy atom. The van der Waals surface area contributed by atoms with Gasteiger partial charge in [0.2, 0.25) is 0 Å². The summed E-state index contributed by atoms with van der Waals surface area (Å²) in [5.41, 5.74) is 29.4. The van der Waals surface area contributed by atoms with E-state index in [1.807, 2.05) is 0 Å². The Morgan fingerprint density at radius 3 is 0.909 bits per heavy atom. The summed E-state index contributed by atoms with van der Waals surface area (Å²) in [6.07, 6.45) is 5.33. The molecule has 0 aliphatic carbocycles. The van der Waals surface area contributed by atoms with E-state index in [0.29, 0.717) is 39.3 Å². The molecule has 0 rings (SSSR count). The fourth-order valence-corrected chi connectivity index (χ4v) is 0.968. The highest BCUT2D eigenvalue weighted by Gasteiger charge is 1.94. The molecule has 140 valence electrons. The van der Waals surface area contributed by atoms with E-state index in [4.69, 9.17) is 34.4 Å². The Labute approximate surface area is 139 Å². The zero-order chi connectivity index (χ0) is 18.1. The van der Waals surface area contributed by atoms with Crippen molar-refractivity contribution in [3.8, 4) is 0 Å². The van der Waals surface area contributed by atoms with Gasteiger partial charge in [0.15, 0.2) is 0 Å². The van der Waals surface area contributed by atoms with Gasteiger partial charge >= 0.3 is 0 Å². The summed E-state index contributed by atoms with van der Waals surface area (Å²) in [6, 6.07) is 0. The Kier molecular flexibility index (Phi) is 50.2. The smallest absolute Gasteiger partial charge is 0.00461 e. The molecule has 22 heavy (non-hydrogen) atoms. The molecular weight excluding hydrogens is 278 g/mol. The molecular formula is C15H45N7. The molecule has 0 aromatic heterocycles. The highest BCUT2D eigenvalue weighted by atomic mass is 15.1. The van der Waals surface area contributed by atoms with Crippen molar-refractivity contribution < 1.29 is 0 Å². The second-order valence-corrected chi connectivity index (χ2v) is 4.74. The van der Waals surface area contributed by atoms with Crippen LogP contribution in [0.1, 0.15) is 39.5 Å². The van der Waals surface area contributed by atoms with Crippen LogP contribution in [0, 0.1) is 0 Å². The molecule has 0 radical (unpaired) electrons. The van der Waals surface area contributed by atoms with Gasteiger partial charge < -0.3 is 39.3 Å². The first-order valence-electron chi connectivity index (χ1n) is 8.44. The molecule has 0 atom stereocenters. The van der Waals surface area contributed by atoms with Gasteiger partial charge in [-0.15, -0.1) is 0 Å². The monoisotopic (exact) mass is 323 g/mol. The van der Waals surface area contributed by atoms with Crippen LogP contribution in [0.5, 0.6) is 0 Å². The summed E-state index contributed by atoms with van der Waals surface area (Å²) in [4.78, 5) is 2.42. The molecule has 0 saturated carbocycles. The lowest BCUT2D eigenvalue weighted by Gasteiger charge is -2.14. The summed E-state index contributed by atoms with van der Waals surface area (Å²) in [5.74, 6) is 0. The lowest BCUT2D eigenvalue weighted by molar-refractivity contribution is 0.322. The van der Waals surface area contributed by atoms with Crippen molar-refractivity contribution >= 4 is 0 Å². The van der Waals surface area contributed by atoms with Crippen molar-refractivity contribution in [3.63, 3.8) is 0 Å². The van der Waals surface area contributed by atoms with Crippen LogP contribution in [0.4, 0.5) is 0 Å². The van der Waals surface area contributed by atoms with Gasteiger partial charge in [-0.2, -0.15) is 0 Å². The number of hydrogen-bond acceptors (Lipinski definition) is 7. The van der Waals surface area contributed by atoms with E-state index in [2.05, 4.69) is 25.8 Å². The Bertz CT molecular complexity index is 114. The number of nitrogens with two attached hydrogens (primary N) is 6. The molecule has 0 bridgehead atoms. The average molecular weight is 324 g/mol. The van der Waals surface area contributed by atoms with E-state index in [0.717, 1.165) is 0 Å². The van der Waals surface area contributed by atoms with E-state index in [9.17, 15) is 0 Å². The molecule has 7 nitrogen and oxygen atoms in total. The van der Waals surface area contributed by atoms with Crippen LogP contribution < -0.4 is 34.4 Å². The molecule has 0 spiro atoms. The molecule has 0 aliphatic heterocycles. The van der Waals surface area contributed by atoms with Crippen LogP contribution in [0.15, 0.2) is 0 Å². The van der Waals surface area contributed by atoms with Gasteiger partial charge in [-0.3, -0.25) is 0 Å². The Morgan fingerprint density at radius 2 is 0.773 bits per heavy atom. The van der Waals surface area contributed by atoms with E-state index in [-0.39, 0.29) is 0 Å².